The standard InChI is InChI=1S/C17H15Cl2N3O3S/c1-8-9(2)26-17-21-6-13(16(25)22(8)17)15(24)20-7-14(23)10-3-11(18)5-12(19)4-10/h3-6,14,23H,7H2,1-2H3,(H,20,24)/t14-/m1/s1. The number of thiazole rings is 1. The Morgan fingerprint density at radius 2 is 1.96 bits per heavy atom. The van der Waals surface area contributed by atoms with Gasteiger partial charge in [-0.1, -0.05) is 23.2 Å². The Kier molecular flexibility index (Phi) is 5.34. The average Bonchev–Trinajstić information content (AvgIpc) is 2.87. The summed E-state index contributed by atoms with van der Waals surface area (Å²) in [5.74, 6) is -0.604. The zero-order valence-corrected chi connectivity index (χ0v) is 16.2. The van der Waals surface area contributed by atoms with Crippen molar-refractivity contribution in [2.75, 3.05) is 6.54 Å². The number of carbonyl (C=O) groups is 1. The van der Waals surface area contributed by atoms with Crippen LogP contribution in [0.4, 0.5) is 0 Å². The minimum Gasteiger partial charge on any atom is -0.387 e. The van der Waals surface area contributed by atoms with E-state index < -0.39 is 17.6 Å². The lowest BCUT2D eigenvalue weighted by Crippen LogP contribution is -2.34. The first-order chi connectivity index (χ1) is 12.3. The highest BCUT2D eigenvalue weighted by atomic mass is 35.5. The number of nitrogens with one attached hydrogen (secondary N) is 1. The van der Waals surface area contributed by atoms with Crippen LogP contribution in [0.15, 0.2) is 29.2 Å². The summed E-state index contributed by atoms with van der Waals surface area (Å²) in [5, 5.41) is 13.5. The smallest absolute Gasteiger partial charge is 0.271 e. The van der Waals surface area contributed by atoms with Gasteiger partial charge in [-0.25, -0.2) is 4.98 Å². The monoisotopic (exact) mass is 411 g/mol. The van der Waals surface area contributed by atoms with Gasteiger partial charge in [0.05, 0.1) is 6.10 Å². The van der Waals surface area contributed by atoms with Gasteiger partial charge in [-0.15, -0.1) is 11.3 Å². The third kappa shape index (κ3) is 3.61. The van der Waals surface area contributed by atoms with Gasteiger partial charge in [0.15, 0.2) is 4.96 Å². The lowest BCUT2D eigenvalue weighted by Gasteiger charge is -2.13. The van der Waals surface area contributed by atoms with E-state index in [4.69, 9.17) is 23.2 Å². The summed E-state index contributed by atoms with van der Waals surface area (Å²) >= 11 is 13.2. The van der Waals surface area contributed by atoms with E-state index in [0.717, 1.165) is 10.6 Å². The minimum absolute atomic E-state index is 0.0836. The third-order valence-electron chi connectivity index (χ3n) is 3.99. The van der Waals surface area contributed by atoms with Crippen molar-refractivity contribution in [3.05, 3.63) is 66.5 Å². The predicted molar refractivity (Wildman–Crippen MR) is 103 cm³/mol. The van der Waals surface area contributed by atoms with Crippen LogP contribution in [-0.2, 0) is 0 Å². The molecular formula is C17H15Cl2N3O3S. The minimum atomic E-state index is -1.01. The normalized spacial score (nSPS) is 12.3. The number of fused-ring (bicyclic) bond motifs is 1. The Labute approximate surface area is 163 Å². The van der Waals surface area contributed by atoms with E-state index in [0.29, 0.717) is 20.6 Å². The summed E-state index contributed by atoms with van der Waals surface area (Å²) < 4.78 is 1.42. The summed E-state index contributed by atoms with van der Waals surface area (Å²) in [7, 11) is 0. The summed E-state index contributed by atoms with van der Waals surface area (Å²) in [5.41, 5.74) is 0.706. The number of rotatable bonds is 4. The van der Waals surface area contributed by atoms with Gasteiger partial charge in [0, 0.05) is 33.4 Å². The predicted octanol–water partition coefficient (Wildman–Crippen LogP) is 3.14. The number of nitrogens with zero attached hydrogens (tertiary/aromatic N) is 2. The van der Waals surface area contributed by atoms with E-state index in [1.54, 1.807) is 25.1 Å². The maximum Gasteiger partial charge on any atom is 0.271 e. The first kappa shape index (κ1) is 18.8. The summed E-state index contributed by atoms with van der Waals surface area (Å²) in [6, 6.07) is 4.67. The first-order valence-electron chi connectivity index (χ1n) is 7.68. The van der Waals surface area contributed by atoms with E-state index in [1.807, 2.05) is 6.92 Å². The molecule has 1 amide bonds. The van der Waals surface area contributed by atoms with E-state index in [9.17, 15) is 14.7 Å². The van der Waals surface area contributed by atoms with Crippen molar-refractivity contribution >= 4 is 45.4 Å². The fourth-order valence-corrected chi connectivity index (χ4v) is 3.97. The molecule has 0 saturated carbocycles. The van der Waals surface area contributed by atoms with Crippen molar-refractivity contribution in [2.45, 2.75) is 20.0 Å². The zero-order valence-electron chi connectivity index (χ0n) is 13.9. The molecule has 0 bridgehead atoms. The lowest BCUT2D eigenvalue weighted by atomic mass is 10.1. The Balaban J connectivity index is 1.80. The van der Waals surface area contributed by atoms with E-state index in [2.05, 4.69) is 10.3 Å². The van der Waals surface area contributed by atoms with Crippen LogP contribution < -0.4 is 10.9 Å². The Morgan fingerprint density at radius 1 is 1.31 bits per heavy atom. The molecule has 0 radical (unpaired) electrons. The van der Waals surface area contributed by atoms with Crippen molar-refractivity contribution in [1.82, 2.24) is 14.7 Å². The topological polar surface area (TPSA) is 83.7 Å². The molecule has 0 spiro atoms. The highest BCUT2D eigenvalue weighted by Gasteiger charge is 2.18. The van der Waals surface area contributed by atoms with Gasteiger partial charge in [0.2, 0.25) is 0 Å². The molecule has 2 N–H and O–H groups in total. The maximum atomic E-state index is 12.6. The highest BCUT2D eigenvalue weighted by molar-refractivity contribution is 7.17. The third-order valence-corrected chi connectivity index (χ3v) is 5.50. The molecule has 0 saturated heterocycles. The molecule has 3 rings (SSSR count). The van der Waals surface area contributed by atoms with Crippen molar-refractivity contribution in [3.8, 4) is 0 Å². The quantitative estimate of drug-likeness (QED) is 0.690. The van der Waals surface area contributed by atoms with Crippen LogP contribution in [0.5, 0.6) is 0 Å². The second-order valence-electron chi connectivity index (χ2n) is 5.77. The number of halogens is 2. The lowest BCUT2D eigenvalue weighted by molar-refractivity contribution is 0.0914. The van der Waals surface area contributed by atoms with Gasteiger partial charge < -0.3 is 10.4 Å². The van der Waals surface area contributed by atoms with Gasteiger partial charge in [0.25, 0.3) is 11.5 Å². The summed E-state index contributed by atoms with van der Waals surface area (Å²) in [6.07, 6.45) is 0.241. The molecule has 0 fully saturated rings. The van der Waals surface area contributed by atoms with Crippen LogP contribution in [0.3, 0.4) is 0 Å². The molecule has 1 atom stereocenters. The summed E-state index contributed by atoms with van der Waals surface area (Å²) in [6.45, 7) is 3.59. The molecule has 0 aliphatic carbocycles. The van der Waals surface area contributed by atoms with Gasteiger partial charge in [-0.2, -0.15) is 0 Å². The van der Waals surface area contributed by atoms with Crippen molar-refractivity contribution in [2.24, 2.45) is 0 Å². The molecule has 2 aromatic heterocycles. The SMILES string of the molecule is Cc1sc2ncc(C(=O)NC[C@@H](O)c3cc(Cl)cc(Cl)c3)c(=O)n2c1C. The molecule has 0 unspecified atom stereocenters. The number of benzene rings is 1. The van der Waals surface area contributed by atoms with Gasteiger partial charge >= 0.3 is 0 Å². The largest absolute Gasteiger partial charge is 0.387 e. The maximum absolute atomic E-state index is 12.6. The van der Waals surface area contributed by atoms with Crippen LogP contribution in [0, 0.1) is 13.8 Å². The number of aromatic nitrogens is 2. The Bertz CT molecular complexity index is 1040. The number of amides is 1. The van der Waals surface area contributed by atoms with Crippen LogP contribution in [0.2, 0.25) is 10.0 Å². The first-order valence-corrected chi connectivity index (χ1v) is 9.25. The van der Waals surface area contributed by atoms with Gasteiger partial charge in [0.1, 0.15) is 5.56 Å². The van der Waals surface area contributed by atoms with Gasteiger partial charge in [-0.05, 0) is 37.6 Å². The highest BCUT2D eigenvalue weighted by Crippen LogP contribution is 2.23. The van der Waals surface area contributed by atoms with E-state index >= 15 is 0 Å². The van der Waals surface area contributed by atoms with Crippen LogP contribution in [-0.4, -0.2) is 26.9 Å². The molecule has 0 aliphatic rings. The Hall–Kier alpha value is -1.93. The number of carbonyl (C=O) groups excluding carboxylic acids is 1. The summed E-state index contributed by atoms with van der Waals surface area (Å²) in [4.78, 5) is 30.6. The van der Waals surface area contributed by atoms with Crippen LogP contribution in [0.1, 0.15) is 32.6 Å². The molecule has 9 heteroatoms. The fourth-order valence-electron chi connectivity index (χ4n) is 2.50. The second kappa shape index (κ2) is 7.36. The molecular weight excluding hydrogens is 397 g/mol. The average molecular weight is 412 g/mol. The molecule has 1 aromatic carbocycles. The van der Waals surface area contributed by atoms with Crippen molar-refractivity contribution in [1.29, 1.82) is 0 Å². The Morgan fingerprint density at radius 3 is 2.62 bits per heavy atom. The number of aliphatic hydroxyl groups excluding tert-OH is 1. The van der Waals surface area contributed by atoms with Crippen LogP contribution >= 0.6 is 34.5 Å². The number of hydrogen-bond acceptors (Lipinski definition) is 5. The molecule has 2 heterocycles. The van der Waals surface area contributed by atoms with Crippen molar-refractivity contribution < 1.29 is 9.90 Å². The van der Waals surface area contributed by atoms with Crippen molar-refractivity contribution in [3.63, 3.8) is 0 Å². The second-order valence-corrected chi connectivity index (χ2v) is 7.82. The molecule has 26 heavy (non-hydrogen) atoms. The number of hydrogen-bond donors (Lipinski definition) is 2. The number of aryl methyl sites for hydroxylation is 2. The molecule has 6 nitrogen and oxygen atoms in total. The van der Waals surface area contributed by atoms with E-state index in [-0.39, 0.29) is 12.1 Å². The fraction of sp³-hybridized carbons (Fsp3) is 0.235. The molecule has 3 aromatic rings. The zero-order chi connectivity index (χ0) is 19.0. The van der Waals surface area contributed by atoms with Crippen LogP contribution in [0.25, 0.3) is 4.96 Å². The molecule has 136 valence electrons. The number of aliphatic hydroxyl groups is 1. The van der Waals surface area contributed by atoms with E-state index in [1.165, 1.54) is 21.9 Å². The van der Waals surface area contributed by atoms with Gasteiger partial charge in [-0.3, -0.25) is 14.0 Å². The molecule has 0 aliphatic heterocycles.